The maximum absolute atomic E-state index is 12.9. The van der Waals surface area contributed by atoms with Crippen LogP contribution in [-0.2, 0) is 22.2 Å². The Labute approximate surface area is 158 Å². The van der Waals surface area contributed by atoms with Gasteiger partial charge in [-0.2, -0.15) is 13.2 Å². The predicted molar refractivity (Wildman–Crippen MR) is 96.8 cm³/mol. The minimum atomic E-state index is -4.60. The molecule has 0 radical (unpaired) electrons. The lowest BCUT2D eigenvalue weighted by atomic mass is 10.1. The van der Waals surface area contributed by atoms with Gasteiger partial charge < -0.3 is 11.1 Å². The minimum Gasteiger partial charge on any atom is -0.368 e. The molecule has 142 valence electrons. The zero-order valence-electron chi connectivity index (χ0n) is 14.0. The second kappa shape index (κ2) is 8.73. The molecule has 0 aliphatic carbocycles. The number of carbonyl (C=O) groups is 2. The lowest BCUT2D eigenvalue weighted by Gasteiger charge is -2.14. The minimum absolute atomic E-state index is 0.139. The van der Waals surface area contributed by atoms with Gasteiger partial charge in [-0.15, -0.1) is 0 Å². The third-order valence-corrected chi connectivity index (χ3v) is 4.00. The molecule has 2 amide bonds. The summed E-state index contributed by atoms with van der Waals surface area (Å²) in [4.78, 5) is 23.6. The van der Waals surface area contributed by atoms with Gasteiger partial charge in [0, 0.05) is 12.5 Å². The van der Waals surface area contributed by atoms with Crippen LogP contribution in [0.3, 0.4) is 0 Å². The normalized spacial score (nSPS) is 12.7. The van der Waals surface area contributed by atoms with E-state index in [2.05, 4.69) is 5.32 Å². The number of primary amides is 1. The average Bonchev–Trinajstić information content (AvgIpc) is 2.60. The molecule has 3 N–H and O–H groups in total. The second-order valence-electron chi connectivity index (χ2n) is 5.72. The number of nitrogens with two attached hydrogens (primary N) is 1. The van der Waals surface area contributed by atoms with E-state index in [9.17, 15) is 22.8 Å². The average molecular weight is 397 g/mol. The molecule has 27 heavy (non-hydrogen) atoms. The fourth-order valence-corrected chi connectivity index (χ4v) is 2.55. The molecule has 0 spiro atoms. The van der Waals surface area contributed by atoms with Gasteiger partial charge >= 0.3 is 6.18 Å². The van der Waals surface area contributed by atoms with E-state index in [0.717, 1.165) is 23.8 Å². The number of carbonyl (C=O) groups excluding carboxylic acids is 2. The van der Waals surface area contributed by atoms with Gasteiger partial charge in [0.05, 0.1) is 10.6 Å². The summed E-state index contributed by atoms with van der Waals surface area (Å²) >= 11 is 5.55. The summed E-state index contributed by atoms with van der Waals surface area (Å²) in [6, 6.07) is 11.3. The van der Waals surface area contributed by atoms with Gasteiger partial charge in [0.2, 0.25) is 11.8 Å². The molecular formula is C19H16ClF3N2O2. The molecule has 0 saturated carbocycles. The van der Waals surface area contributed by atoms with Crippen LogP contribution in [0.4, 0.5) is 13.2 Å². The molecule has 0 bridgehead atoms. The predicted octanol–water partition coefficient (Wildman–Crippen LogP) is 3.58. The molecular weight excluding hydrogens is 381 g/mol. The molecule has 0 aliphatic rings. The van der Waals surface area contributed by atoms with Gasteiger partial charge in [-0.25, -0.2) is 0 Å². The maximum atomic E-state index is 12.9. The third kappa shape index (κ3) is 6.14. The number of hydrogen-bond acceptors (Lipinski definition) is 2. The van der Waals surface area contributed by atoms with Gasteiger partial charge in [-0.1, -0.05) is 48.0 Å². The molecule has 8 heteroatoms. The van der Waals surface area contributed by atoms with Crippen molar-refractivity contribution in [2.24, 2.45) is 5.73 Å². The highest BCUT2D eigenvalue weighted by atomic mass is 35.5. The van der Waals surface area contributed by atoms with Crippen molar-refractivity contribution in [3.8, 4) is 0 Å². The Morgan fingerprint density at radius 2 is 1.81 bits per heavy atom. The van der Waals surface area contributed by atoms with Crippen LogP contribution in [0, 0.1) is 0 Å². The fourth-order valence-electron chi connectivity index (χ4n) is 2.33. The summed E-state index contributed by atoms with van der Waals surface area (Å²) in [5.74, 6) is -1.37. The zero-order chi connectivity index (χ0) is 20.0. The first kappa shape index (κ1) is 20.5. The summed E-state index contributed by atoms with van der Waals surface area (Å²) in [7, 11) is 0. The summed E-state index contributed by atoms with van der Waals surface area (Å²) < 4.78 is 38.6. The fraction of sp³-hybridized carbons (Fsp3) is 0.158. The van der Waals surface area contributed by atoms with Gasteiger partial charge in [0.1, 0.15) is 6.04 Å². The van der Waals surface area contributed by atoms with Crippen molar-refractivity contribution in [1.82, 2.24) is 5.32 Å². The number of halogens is 4. The molecule has 4 nitrogen and oxygen atoms in total. The molecule has 2 aromatic rings. The Hall–Kier alpha value is -2.80. The van der Waals surface area contributed by atoms with E-state index in [1.54, 1.807) is 24.3 Å². The molecule has 2 rings (SSSR count). The molecule has 0 heterocycles. The number of nitrogens with one attached hydrogen (secondary N) is 1. The van der Waals surface area contributed by atoms with Crippen molar-refractivity contribution in [3.63, 3.8) is 0 Å². The smallest absolute Gasteiger partial charge is 0.368 e. The summed E-state index contributed by atoms with van der Waals surface area (Å²) in [5, 5.41) is 2.01. The summed E-state index contributed by atoms with van der Waals surface area (Å²) in [6.07, 6.45) is -2.17. The van der Waals surface area contributed by atoms with Crippen LogP contribution in [-0.4, -0.2) is 17.9 Å². The first-order valence-electron chi connectivity index (χ1n) is 7.85. The second-order valence-corrected chi connectivity index (χ2v) is 6.13. The molecule has 0 aliphatic heterocycles. The van der Waals surface area contributed by atoms with Crippen molar-refractivity contribution in [2.75, 3.05) is 0 Å². The van der Waals surface area contributed by atoms with Crippen LogP contribution >= 0.6 is 11.6 Å². The first-order valence-corrected chi connectivity index (χ1v) is 8.23. The number of amides is 2. The van der Waals surface area contributed by atoms with Gasteiger partial charge in [-0.05, 0) is 29.3 Å². The third-order valence-electron chi connectivity index (χ3n) is 3.67. The topological polar surface area (TPSA) is 72.2 Å². The molecule has 0 aromatic heterocycles. The van der Waals surface area contributed by atoms with Gasteiger partial charge in [0.25, 0.3) is 0 Å². The van der Waals surface area contributed by atoms with E-state index in [4.69, 9.17) is 17.3 Å². The Kier molecular flexibility index (Phi) is 6.63. The van der Waals surface area contributed by atoms with Crippen molar-refractivity contribution < 1.29 is 22.8 Å². The molecule has 0 fully saturated rings. The number of rotatable bonds is 6. The lowest BCUT2D eigenvalue weighted by molar-refractivity contribution is -0.137. The highest BCUT2D eigenvalue weighted by Crippen LogP contribution is 2.35. The van der Waals surface area contributed by atoms with Crippen molar-refractivity contribution in [3.05, 3.63) is 76.3 Å². The van der Waals surface area contributed by atoms with Gasteiger partial charge in [0.15, 0.2) is 0 Å². The van der Waals surface area contributed by atoms with E-state index in [1.165, 1.54) is 12.1 Å². The number of alkyl halides is 3. The number of hydrogen-bond donors (Lipinski definition) is 2. The van der Waals surface area contributed by atoms with Crippen molar-refractivity contribution >= 4 is 29.5 Å². The zero-order valence-corrected chi connectivity index (χ0v) is 14.7. The SMILES string of the molecule is NC(=O)C(Cc1ccccc1)NC(=O)/C=C/c1ccc(Cl)c(C(F)(F)F)c1. The molecule has 1 unspecified atom stereocenters. The highest BCUT2D eigenvalue weighted by molar-refractivity contribution is 6.31. The monoisotopic (exact) mass is 396 g/mol. The maximum Gasteiger partial charge on any atom is 0.417 e. The van der Waals surface area contributed by atoms with E-state index in [-0.39, 0.29) is 12.0 Å². The molecule has 0 saturated heterocycles. The van der Waals surface area contributed by atoms with E-state index >= 15 is 0 Å². The largest absolute Gasteiger partial charge is 0.417 e. The Bertz CT molecular complexity index is 852. The van der Waals surface area contributed by atoms with Crippen molar-refractivity contribution in [2.45, 2.75) is 18.6 Å². The Balaban J connectivity index is 2.08. The number of benzene rings is 2. The van der Waals surface area contributed by atoms with E-state index in [0.29, 0.717) is 0 Å². The van der Waals surface area contributed by atoms with Crippen LogP contribution in [0.2, 0.25) is 5.02 Å². The van der Waals surface area contributed by atoms with Crippen LogP contribution in [0.5, 0.6) is 0 Å². The summed E-state index contributed by atoms with van der Waals surface area (Å²) in [6.45, 7) is 0. The standard InChI is InChI=1S/C19H16ClF3N2O2/c20-15-8-6-13(10-14(15)19(21,22)23)7-9-17(26)25-16(18(24)27)11-12-4-2-1-3-5-12/h1-10,16H,11H2,(H2,24,27)(H,25,26)/b9-7+. The van der Waals surface area contributed by atoms with Crippen LogP contribution in [0.15, 0.2) is 54.6 Å². The van der Waals surface area contributed by atoms with Crippen LogP contribution in [0.25, 0.3) is 6.08 Å². The van der Waals surface area contributed by atoms with Crippen LogP contribution in [0.1, 0.15) is 16.7 Å². The van der Waals surface area contributed by atoms with E-state index in [1.807, 2.05) is 6.07 Å². The first-order chi connectivity index (χ1) is 12.7. The quantitative estimate of drug-likeness (QED) is 0.732. The Morgan fingerprint density at radius 1 is 1.15 bits per heavy atom. The Morgan fingerprint density at radius 3 is 2.41 bits per heavy atom. The van der Waals surface area contributed by atoms with Crippen LogP contribution < -0.4 is 11.1 Å². The van der Waals surface area contributed by atoms with E-state index < -0.39 is 34.6 Å². The molecule has 2 aromatic carbocycles. The molecule has 1 atom stereocenters. The van der Waals surface area contributed by atoms with Gasteiger partial charge in [-0.3, -0.25) is 9.59 Å². The highest BCUT2D eigenvalue weighted by Gasteiger charge is 2.33. The van der Waals surface area contributed by atoms with Crippen molar-refractivity contribution in [1.29, 1.82) is 0 Å². The summed E-state index contributed by atoms with van der Waals surface area (Å²) in [5.41, 5.74) is 5.26. The lowest BCUT2D eigenvalue weighted by Crippen LogP contribution is -2.45.